The summed E-state index contributed by atoms with van der Waals surface area (Å²) in [5, 5.41) is 10.2. The van der Waals surface area contributed by atoms with Crippen molar-refractivity contribution in [3.63, 3.8) is 0 Å². The number of hydrogen-bond donors (Lipinski definition) is 1. The van der Waals surface area contributed by atoms with Gasteiger partial charge >= 0.3 is 0 Å². The van der Waals surface area contributed by atoms with Crippen LogP contribution in [-0.4, -0.2) is 17.0 Å². The molecule has 0 heterocycles. The molecular formula is C29H33F5O2. The first-order valence-electron chi connectivity index (χ1n) is 13.2. The summed E-state index contributed by atoms with van der Waals surface area (Å²) in [4.78, 5) is 13.2. The van der Waals surface area contributed by atoms with Gasteiger partial charge in [0.2, 0.25) is 5.82 Å². The summed E-state index contributed by atoms with van der Waals surface area (Å²) in [5.74, 6) is -4.02. The Morgan fingerprint density at radius 2 is 1.44 bits per heavy atom. The molecule has 4 fully saturated rings. The highest BCUT2D eigenvalue weighted by Gasteiger charge is 2.61. The highest BCUT2D eigenvalue weighted by atomic mass is 19.2. The lowest BCUT2D eigenvalue weighted by Crippen LogP contribution is -2.54. The van der Waals surface area contributed by atoms with E-state index in [9.17, 15) is 31.9 Å². The maximum atomic E-state index is 13.9. The fourth-order valence-corrected chi connectivity index (χ4v) is 8.82. The number of rotatable bonds is 2. The van der Waals surface area contributed by atoms with Gasteiger partial charge in [0.25, 0.3) is 0 Å². The highest BCUT2D eigenvalue weighted by molar-refractivity contribution is 5.84. The van der Waals surface area contributed by atoms with Gasteiger partial charge in [-0.2, -0.15) is 0 Å². The van der Waals surface area contributed by atoms with Crippen molar-refractivity contribution in [1.82, 2.24) is 0 Å². The van der Waals surface area contributed by atoms with Crippen molar-refractivity contribution in [3.05, 3.63) is 34.6 Å². The van der Waals surface area contributed by atoms with Crippen molar-refractivity contribution in [2.45, 2.75) is 84.2 Å². The summed E-state index contributed by atoms with van der Waals surface area (Å²) in [6, 6.07) is 0. The molecule has 4 aliphatic rings. The molecule has 196 valence electrons. The molecule has 0 bridgehead atoms. The van der Waals surface area contributed by atoms with Gasteiger partial charge in [-0.15, -0.1) is 0 Å². The number of aliphatic hydroxyl groups excluding tert-OH is 1. The number of fused-ring (bicyclic) bond motifs is 5. The monoisotopic (exact) mass is 508 g/mol. The molecule has 0 amide bonds. The predicted molar refractivity (Wildman–Crippen MR) is 124 cm³/mol. The van der Waals surface area contributed by atoms with E-state index >= 15 is 0 Å². The lowest BCUT2D eigenvalue weighted by molar-refractivity contribution is -0.139. The number of carbonyl (C=O) groups excluding carboxylic acids is 1. The smallest absolute Gasteiger partial charge is 0.200 e. The first-order valence-corrected chi connectivity index (χ1v) is 13.2. The normalized spacial score (nSPS) is 39.4. The van der Waals surface area contributed by atoms with Gasteiger partial charge in [0.15, 0.2) is 23.3 Å². The molecule has 4 saturated carbocycles. The van der Waals surface area contributed by atoms with Gasteiger partial charge < -0.3 is 5.11 Å². The Bertz CT molecular complexity index is 1110. The Morgan fingerprint density at radius 3 is 2.14 bits per heavy atom. The van der Waals surface area contributed by atoms with E-state index in [-0.39, 0.29) is 35.1 Å². The summed E-state index contributed by atoms with van der Waals surface area (Å²) in [6.07, 6.45) is 8.28. The molecule has 1 N–H and O–H groups in total. The highest BCUT2D eigenvalue weighted by Crippen LogP contribution is 2.67. The van der Waals surface area contributed by atoms with Gasteiger partial charge in [-0.05, 0) is 92.3 Å². The predicted octanol–water partition coefficient (Wildman–Crippen LogP) is 6.71. The minimum atomic E-state index is -2.22. The average Bonchev–Trinajstić information content (AvgIpc) is 3.21. The summed E-state index contributed by atoms with van der Waals surface area (Å²) in [5.41, 5.74) is -1.12. The Morgan fingerprint density at radius 1 is 0.833 bits per heavy atom. The molecule has 8 atom stereocenters. The molecular weight excluding hydrogens is 475 g/mol. The third-order valence-electron chi connectivity index (χ3n) is 10.7. The van der Waals surface area contributed by atoms with Crippen LogP contribution in [0.1, 0.15) is 83.6 Å². The molecule has 2 nitrogen and oxygen atoms in total. The molecule has 1 aromatic rings. The van der Waals surface area contributed by atoms with Gasteiger partial charge in [-0.1, -0.05) is 25.7 Å². The molecule has 0 radical (unpaired) electrons. The van der Waals surface area contributed by atoms with Crippen molar-refractivity contribution in [2.24, 2.45) is 40.4 Å². The van der Waals surface area contributed by atoms with E-state index in [2.05, 4.69) is 19.8 Å². The molecule has 0 spiro atoms. The quantitative estimate of drug-likeness (QED) is 0.209. The summed E-state index contributed by atoms with van der Waals surface area (Å²) in [6.45, 7) is 4.61. The molecule has 5 rings (SSSR count). The standard InChI is InChI=1S/C29H33F5O2/c1-28-12-10-16(35)14-15(28)6-7-17-19-8-9-21(29(19,2)13-11-20(17)28)22(36)5-3-4-18-23(30)25(32)27(34)26(33)24(18)31/h15-17,19-21,35H,5-14H2,1-2H3/t15-,16-,17+,19+,20+,21-,28+,29+/m1/s1. The Hall–Kier alpha value is -1.94. The van der Waals surface area contributed by atoms with Crippen LogP contribution in [0.15, 0.2) is 0 Å². The Balaban J connectivity index is 1.32. The van der Waals surface area contributed by atoms with Gasteiger partial charge in [-0.3, -0.25) is 4.79 Å². The first-order chi connectivity index (χ1) is 17.0. The zero-order valence-corrected chi connectivity index (χ0v) is 20.8. The first kappa shape index (κ1) is 25.7. The molecule has 0 unspecified atom stereocenters. The molecule has 1 aromatic carbocycles. The van der Waals surface area contributed by atoms with Gasteiger partial charge in [-0.25, -0.2) is 22.0 Å². The molecule has 7 heteroatoms. The van der Waals surface area contributed by atoms with E-state index < -0.39 is 34.6 Å². The second kappa shape index (κ2) is 9.11. The van der Waals surface area contributed by atoms with E-state index in [0.717, 1.165) is 57.8 Å². The minimum Gasteiger partial charge on any atom is -0.393 e. The van der Waals surface area contributed by atoms with Crippen LogP contribution in [0, 0.1) is 81.3 Å². The summed E-state index contributed by atoms with van der Waals surface area (Å²) in [7, 11) is 0. The fourth-order valence-electron chi connectivity index (χ4n) is 8.82. The number of Topliss-reactive ketones (excluding diaryl/α,β-unsaturated/α-hetero) is 1. The van der Waals surface area contributed by atoms with Crippen LogP contribution in [0.25, 0.3) is 0 Å². The molecule has 4 aliphatic carbocycles. The topological polar surface area (TPSA) is 37.3 Å². The molecule has 0 saturated heterocycles. The number of carbonyl (C=O) groups is 1. The lowest BCUT2D eigenvalue weighted by Gasteiger charge is -2.60. The van der Waals surface area contributed by atoms with E-state index in [0.29, 0.717) is 23.7 Å². The van der Waals surface area contributed by atoms with Crippen LogP contribution in [-0.2, 0) is 4.79 Å². The second-order valence-electron chi connectivity index (χ2n) is 12.1. The maximum Gasteiger partial charge on any atom is 0.200 e. The van der Waals surface area contributed by atoms with E-state index in [4.69, 9.17) is 0 Å². The molecule has 0 aliphatic heterocycles. The van der Waals surface area contributed by atoms with Crippen molar-refractivity contribution >= 4 is 5.78 Å². The number of hydrogen-bond acceptors (Lipinski definition) is 2. The maximum absolute atomic E-state index is 13.9. The number of halogens is 5. The average molecular weight is 509 g/mol. The fraction of sp³-hybridized carbons (Fsp3) is 0.690. The number of ketones is 1. The minimum absolute atomic E-state index is 0.115. The van der Waals surface area contributed by atoms with Crippen LogP contribution < -0.4 is 0 Å². The third kappa shape index (κ3) is 3.81. The zero-order valence-electron chi connectivity index (χ0n) is 20.8. The van der Waals surface area contributed by atoms with Crippen molar-refractivity contribution < 1.29 is 31.9 Å². The van der Waals surface area contributed by atoms with E-state index in [1.54, 1.807) is 0 Å². The van der Waals surface area contributed by atoms with E-state index in [1.807, 2.05) is 5.92 Å². The van der Waals surface area contributed by atoms with Gasteiger partial charge in [0.1, 0.15) is 11.3 Å². The SMILES string of the molecule is C[C@]12CC[C@@H](O)C[C@H]1CC[C@@H]1[C@@H]2CC[C@]2(C)[C@@H](C(=O)CC#Cc3c(F)c(F)c(F)c(F)c3F)CC[C@@H]12. The van der Waals surface area contributed by atoms with Crippen LogP contribution in [0.3, 0.4) is 0 Å². The summed E-state index contributed by atoms with van der Waals surface area (Å²) >= 11 is 0. The Labute approximate surface area is 209 Å². The van der Waals surface area contributed by atoms with Crippen LogP contribution in [0.5, 0.6) is 0 Å². The zero-order chi connectivity index (χ0) is 26.0. The lowest BCUT2D eigenvalue weighted by atomic mass is 9.44. The Kier molecular flexibility index (Phi) is 6.51. The van der Waals surface area contributed by atoms with Crippen LogP contribution in [0.4, 0.5) is 22.0 Å². The largest absolute Gasteiger partial charge is 0.393 e. The molecule has 0 aromatic heterocycles. The van der Waals surface area contributed by atoms with Crippen molar-refractivity contribution in [1.29, 1.82) is 0 Å². The van der Waals surface area contributed by atoms with Gasteiger partial charge in [0, 0.05) is 5.92 Å². The third-order valence-corrected chi connectivity index (χ3v) is 10.7. The number of aliphatic hydroxyl groups is 1. The molecule has 36 heavy (non-hydrogen) atoms. The summed E-state index contributed by atoms with van der Waals surface area (Å²) < 4.78 is 68.0. The van der Waals surface area contributed by atoms with Crippen molar-refractivity contribution in [3.8, 4) is 11.8 Å². The van der Waals surface area contributed by atoms with Crippen LogP contribution >= 0.6 is 0 Å². The van der Waals surface area contributed by atoms with Crippen molar-refractivity contribution in [2.75, 3.05) is 0 Å². The van der Waals surface area contributed by atoms with E-state index in [1.165, 1.54) is 0 Å². The number of benzene rings is 1. The second-order valence-corrected chi connectivity index (χ2v) is 12.1. The van der Waals surface area contributed by atoms with Crippen LogP contribution in [0.2, 0.25) is 0 Å². The van der Waals surface area contributed by atoms with Gasteiger partial charge in [0.05, 0.1) is 12.5 Å².